The second kappa shape index (κ2) is 12.3. The van der Waals surface area contributed by atoms with Gasteiger partial charge in [-0.15, -0.1) is 23.2 Å². The first-order valence-electron chi connectivity index (χ1n) is 13.2. The van der Waals surface area contributed by atoms with Crippen LogP contribution in [0, 0.1) is 23.4 Å². The summed E-state index contributed by atoms with van der Waals surface area (Å²) in [6, 6.07) is 7.13. The van der Waals surface area contributed by atoms with Crippen LogP contribution in [0.1, 0.15) is 40.2 Å². The molecule has 0 aromatic heterocycles. The van der Waals surface area contributed by atoms with Gasteiger partial charge in [-0.05, 0) is 66.9 Å². The molecule has 3 unspecified atom stereocenters. The Balaban J connectivity index is 1.31. The molecule has 3 aromatic carbocycles. The molecule has 0 radical (unpaired) electrons. The van der Waals surface area contributed by atoms with Crippen molar-refractivity contribution in [1.82, 2.24) is 0 Å². The predicted molar refractivity (Wildman–Crippen MR) is 154 cm³/mol. The van der Waals surface area contributed by atoms with Gasteiger partial charge < -0.3 is 20.7 Å². The van der Waals surface area contributed by atoms with E-state index in [1.54, 1.807) is 0 Å². The van der Waals surface area contributed by atoms with Crippen molar-refractivity contribution in [3.8, 4) is 0 Å². The topological polar surface area (TPSA) is 96.5 Å². The molecular formula is C29H20Cl3F6N3O4. The Kier molecular flexibility index (Phi) is 9.02. The molecule has 1 aliphatic carbocycles. The predicted octanol–water partition coefficient (Wildman–Crippen LogP) is 7.67. The summed E-state index contributed by atoms with van der Waals surface area (Å²) in [5.41, 5.74) is -3.11. The summed E-state index contributed by atoms with van der Waals surface area (Å²) < 4.78 is 86.4. The third-order valence-corrected chi connectivity index (χ3v) is 8.50. The van der Waals surface area contributed by atoms with Crippen molar-refractivity contribution in [3.05, 3.63) is 87.7 Å². The molecule has 3 N–H and O–H groups in total. The molecule has 1 heterocycles. The molecule has 1 aliphatic heterocycles. The highest BCUT2D eigenvalue weighted by Crippen LogP contribution is 2.65. The number of ether oxygens (including phenoxy) is 1. The normalized spacial score (nSPS) is 20.4. The van der Waals surface area contributed by atoms with Crippen molar-refractivity contribution in [3.63, 3.8) is 0 Å². The number of alkyl halides is 5. The summed E-state index contributed by atoms with van der Waals surface area (Å²) in [6.07, 6.45) is -4.76. The molecular weight excluding hydrogens is 675 g/mol. The Labute approximate surface area is 266 Å². The van der Waals surface area contributed by atoms with Crippen LogP contribution in [-0.4, -0.2) is 34.8 Å². The van der Waals surface area contributed by atoms with Crippen LogP contribution < -0.4 is 16.0 Å². The van der Waals surface area contributed by atoms with Crippen LogP contribution in [0.15, 0.2) is 48.5 Å². The number of halogens is 9. The van der Waals surface area contributed by atoms with Gasteiger partial charge in [-0.2, -0.15) is 13.2 Å². The largest absolute Gasteiger partial charge is 0.416 e. The van der Waals surface area contributed by atoms with Crippen LogP contribution in [0.3, 0.4) is 0 Å². The molecule has 45 heavy (non-hydrogen) atoms. The van der Waals surface area contributed by atoms with Gasteiger partial charge in [0.2, 0.25) is 5.91 Å². The maximum absolute atomic E-state index is 15.2. The van der Waals surface area contributed by atoms with Crippen LogP contribution in [0.2, 0.25) is 5.02 Å². The molecule has 2 fully saturated rings. The lowest BCUT2D eigenvalue weighted by Gasteiger charge is -2.15. The number of hydrogen-bond donors (Lipinski definition) is 3. The minimum atomic E-state index is -4.86. The maximum atomic E-state index is 15.2. The monoisotopic (exact) mass is 693 g/mol. The van der Waals surface area contributed by atoms with Gasteiger partial charge in [0, 0.05) is 18.2 Å². The van der Waals surface area contributed by atoms with Crippen molar-refractivity contribution >= 4 is 69.6 Å². The third-order valence-electron chi connectivity index (χ3n) is 7.23. The minimum absolute atomic E-state index is 0.0244. The van der Waals surface area contributed by atoms with Crippen molar-refractivity contribution < 1.29 is 45.5 Å². The average Bonchev–Trinajstić information content (AvgIpc) is 3.26. The summed E-state index contributed by atoms with van der Waals surface area (Å²) in [6.45, 7) is 0.328. The lowest BCUT2D eigenvalue weighted by molar-refractivity contribution is -0.137. The zero-order valence-corrected chi connectivity index (χ0v) is 24.8. The van der Waals surface area contributed by atoms with E-state index in [-0.39, 0.29) is 21.8 Å². The molecule has 0 spiro atoms. The fraction of sp³-hybridized carbons (Fsp3) is 0.276. The molecule has 3 aromatic rings. The first-order valence-corrected chi connectivity index (χ1v) is 14.3. The van der Waals surface area contributed by atoms with Crippen LogP contribution in [-0.2, 0) is 20.5 Å². The number of carbonyl (C=O) groups is 3. The number of anilines is 3. The Bertz CT molecular complexity index is 1700. The lowest BCUT2D eigenvalue weighted by atomic mass is 10.0. The lowest BCUT2D eigenvalue weighted by Crippen LogP contribution is -2.28. The molecule has 0 bridgehead atoms. The van der Waals surface area contributed by atoms with Gasteiger partial charge in [0.15, 0.2) is 5.82 Å². The maximum Gasteiger partial charge on any atom is 0.416 e. The zero-order chi connectivity index (χ0) is 32.8. The van der Waals surface area contributed by atoms with E-state index in [4.69, 9.17) is 39.5 Å². The second-order valence-electron chi connectivity index (χ2n) is 10.3. The molecule has 7 nitrogen and oxygen atoms in total. The zero-order valence-electron chi connectivity index (χ0n) is 22.5. The number of hydrogen-bond acceptors (Lipinski definition) is 4. The van der Waals surface area contributed by atoms with Gasteiger partial charge in [0.05, 0.1) is 27.8 Å². The highest BCUT2D eigenvalue weighted by Gasteiger charge is 2.67. The van der Waals surface area contributed by atoms with E-state index in [0.29, 0.717) is 31.6 Å². The Morgan fingerprint density at radius 1 is 0.911 bits per heavy atom. The number of nitrogens with one attached hydrogen (secondary N) is 3. The van der Waals surface area contributed by atoms with Crippen molar-refractivity contribution in [2.24, 2.45) is 5.92 Å². The van der Waals surface area contributed by atoms with E-state index < -0.39 is 80.6 Å². The summed E-state index contributed by atoms with van der Waals surface area (Å²) >= 11 is 18.6. The standard InChI is InChI=1S/C29H20Cl3F6N3O4/c30-17-4-3-15(39-27(44)22-21(28(22,31)32)12-8-13(29(36,37)38)10-14(33)9-12)11-16(17)25(42)40-19-6-5-18(34)24(23(19)35)41-26(43)20-2-1-7-45-20/h3-6,8-11,20-22H,1-2,7H2,(H,39,44)(H,40,42)(H,41,43). The fourth-order valence-corrected chi connectivity index (χ4v) is 5.99. The number of amides is 3. The third kappa shape index (κ3) is 6.86. The molecule has 16 heteroatoms. The summed E-state index contributed by atoms with van der Waals surface area (Å²) in [7, 11) is 0. The van der Waals surface area contributed by atoms with Gasteiger partial charge in [0.1, 0.15) is 27.8 Å². The summed E-state index contributed by atoms with van der Waals surface area (Å²) in [5, 5.41) is 6.66. The number of benzene rings is 3. The average molecular weight is 695 g/mol. The van der Waals surface area contributed by atoms with Gasteiger partial charge in [-0.1, -0.05) is 11.6 Å². The van der Waals surface area contributed by atoms with E-state index in [2.05, 4.69) is 16.0 Å². The number of carbonyl (C=O) groups excluding carboxylic acids is 3. The van der Waals surface area contributed by atoms with Crippen molar-refractivity contribution in [1.29, 1.82) is 0 Å². The van der Waals surface area contributed by atoms with Crippen LogP contribution >= 0.6 is 34.8 Å². The Hall–Kier alpha value is -3.52. The minimum Gasteiger partial charge on any atom is -0.368 e. The van der Waals surface area contributed by atoms with E-state index in [1.165, 1.54) is 12.1 Å². The fourth-order valence-electron chi connectivity index (χ4n) is 4.96. The van der Waals surface area contributed by atoms with Crippen LogP contribution in [0.5, 0.6) is 0 Å². The van der Waals surface area contributed by atoms with Gasteiger partial charge in [0.25, 0.3) is 11.8 Å². The number of rotatable bonds is 7. The van der Waals surface area contributed by atoms with Crippen molar-refractivity contribution in [2.75, 3.05) is 22.6 Å². The van der Waals surface area contributed by atoms with E-state index >= 15 is 4.39 Å². The van der Waals surface area contributed by atoms with Crippen LogP contribution in [0.25, 0.3) is 0 Å². The smallest absolute Gasteiger partial charge is 0.368 e. The Morgan fingerprint density at radius 2 is 1.64 bits per heavy atom. The summed E-state index contributed by atoms with van der Waals surface area (Å²) in [4.78, 5) is 38.4. The molecule has 3 atom stereocenters. The second-order valence-corrected chi connectivity index (χ2v) is 12.2. The van der Waals surface area contributed by atoms with E-state index in [1.807, 2.05) is 0 Å². The molecule has 2 aliphatic rings. The Morgan fingerprint density at radius 3 is 2.31 bits per heavy atom. The van der Waals surface area contributed by atoms with Crippen LogP contribution in [0.4, 0.5) is 43.4 Å². The first kappa shape index (κ1) is 32.9. The molecule has 3 amide bonds. The first-order chi connectivity index (χ1) is 21.1. The van der Waals surface area contributed by atoms with Crippen molar-refractivity contribution in [2.45, 2.75) is 35.4 Å². The molecule has 238 valence electrons. The highest BCUT2D eigenvalue weighted by molar-refractivity contribution is 6.53. The molecule has 1 saturated heterocycles. The molecule has 5 rings (SSSR count). The van der Waals surface area contributed by atoms with Gasteiger partial charge in [-0.25, -0.2) is 13.2 Å². The summed E-state index contributed by atoms with van der Waals surface area (Å²) in [5.74, 6) is -8.65. The van der Waals surface area contributed by atoms with Gasteiger partial charge in [-0.3, -0.25) is 14.4 Å². The SMILES string of the molecule is O=C(Nc1ccc(F)c(NC(=O)C2CCCO2)c1F)c1cc(NC(=O)C2C(c3cc(F)cc(C(F)(F)F)c3)C2(Cl)Cl)ccc1Cl. The quantitative estimate of drug-likeness (QED) is 0.175. The van der Waals surface area contributed by atoms with Gasteiger partial charge >= 0.3 is 6.18 Å². The van der Waals surface area contributed by atoms with E-state index in [0.717, 1.165) is 24.3 Å². The molecule has 1 saturated carbocycles. The van der Waals surface area contributed by atoms with E-state index in [9.17, 15) is 36.3 Å². The highest BCUT2D eigenvalue weighted by atomic mass is 35.5.